The second-order valence-corrected chi connectivity index (χ2v) is 3.84. The van der Waals surface area contributed by atoms with Crippen molar-refractivity contribution in [2.45, 2.75) is 26.2 Å². The van der Waals surface area contributed by atoms with Crippen LogP contribution in [0.2, 0.25) is 0 Å². The predicted molar refractivity (Wildman–Crippen MR) is 46.9 cm³/mol. The van der Waals surface area contributed by atoms with Gasteiger partial charge >= 0.3 is 0 Å². The van der Waals surface area contributed by atoms with E-state index in [4.69, 9.17) is 5.41 Å². The Labute approximate surface area is 68.0 Å². The van der Waals surface area contributed by atoms with E-state index in [0.717, 1.165) is 11.8 Å². The molecular formula is C10H15N. The summed E-state index contributed by atoms with van der Waals surface area (Å²) < 4.78 is 0. The summed E-state index contributed by atoms with van der Waals surface area (Å²) in [5, 5.41) is 7.27. The van der Waals surface area contributed by atoms with Crippen LogP contribution in [-0.4, -0.2) is 6.21 Å². The molecule has 1 N–H and O–H groups in total. The standard InChI is InChI=1S/C10H15N/c1-2-8-3-7-4-9(6-11)10(8)5-7/h2,6-7,9-11H,3-5H2,1H3. The highest BCUT2D eigenvalue weighted by molar-refractivity contribution is 5.59. The fourth-order valence-corrected chi connectivity index (χ4v) is 2.77. The lowest BCUT2D eigenvalue weighted by Crippen LogP contribution is -2.13. The molecule has 0 saturated heterocycles. The van der Waals surface area contributed by atoms with E-state index in [2.05, 4.69) is 13.0 Å². The van der Waals surface area contributed by atoms with Crippen molar-refractivity contribution in [1.29, 1.82) is 5.41 Å². The highest BCUT2D eigenvalue weighted by Gasteiger charge is 2.41. The van der Waals surface area contributed by atoms with Gasteiger partial charge in [-0.3, -0.25) is 0 Å². The van der Waals surface area contributed by atoms with Crippen LogP contribution in [-0.2, 0) is 0 Å². The van der Waals surface area contributed by atoms with Gasteiger partial charge in [-0.25, -0.2) is 0 Å². The van der Waals surface area contributed by atoms with Crippen molar-refractivity contribution in [2.75, 3.05) is 0 Å². The van der Waals surface area contributed by atoms with Gasteiger partial charge in [0, 0.05) is 5.92 Å². The highest BCUT2D eigenvalue weighted by atomic mass is 14.5. The second-order valence-electron chi connectivity index (χ2n) is 3.84. The quantitative estimate of drug-likeness (QED) is 0.438. The van der Waals surface area contributed by atoms with Gasteiger partial charge in [0.05, 0.1) is 0 Å². The van der Waals surface area contributed by atoms with Crippen LogP contribution in [0.4, 0.5) is 0 Å². The summed E-state index contributed by atoms with van der Waals surface area (Å²) in [7, 11) is 0. The third-order valence-electron chi connectivity index (χ3n) is 3.30. The van der Waals surface area contributed by atoms with E-state index < -0.39 is 0 Å². The van der Waals surface area contributed by atoms with Crippen molar-refractivity contribution >= 4 is 6.21 Å². The summed E-state index contributed by atoms with van der Waals surface area (Å²) >= 11 is 0. The first-order valence-electron chi connectivity index (χ1n) is 4.50. The van der Waals surface area contributed by atoms with Crippen LogP contribution in [0.3, 0.4) is 0 Å². The molecule has 0 amide bonds. The van der Waals surface area contributed by atoms with Crippen LogP contribution in [0.15, 0.2) is 11.6 Å². The number of nitrogens with one attached hydrogen (secondary N) is 1. The Morgan fingerprint density at radius 1 is 1.45 bits per heavy atom. The molecule has 2 aliphatic rings. The van der Waals surface area contributed by atoms with Crippen LogP contribution in [0.1, 0.15) is 26.2 Å². The van der Waals surface area contributed by atoms with Crippen LogP contribution in [0.5, 0.6) is 0 Å². The van der Waals surface area contributed by atoms with E-state index in [1.807, 2.05) is 0 Å². The molecule has 2 bridgehead atoms. The third kappa shape index (κ3) is 0.943. The normalized spacial score (nSPS) is 45.2. The van der Waals surface area contributed by atoms with Gasteiger partial charge in [0.25, 0.3) is 0 Å². The molecule has 2 aliphatic carbocycles. The Morgan fingerprint density at radius 3 is 2.82 bits per heavy atom. The summed E-state index contributed by atoms with van der Waals surface area (Å²) in [6, 6.07) is 0. The molecule has 0 aromatic rings. The smallest absolute Gasteiger partial charge is 0.000346 e. The van der Waals surface area contributed by atoms with Gasteiger partial charge in [0.2, 0.25) is 0 Å². The predicted octanol–water partition coefficient (Wildman–Crippen LogP) is 2.63. The first kappa shape index (κ1) is 7.08. The molecule has 2 rings (SSSR count). The number of hydrogen-bond donors (Lipinski definition) is 1. The Bertz CT molecular complexity index is 205. The number of fused-ring (bicyclic) bond motifs is 2. The van der Waals surface area contributed by atoms with Crippen molar-refractivity contribution in [3.63, 3.8) is 0 Å². The summed E-state index contributed by atoms with van der Waals surface area (Å²) in [5.74, 6) is 2.25. The maximum atomic E-state index is 7.27. The van der Waals surface area contributed by atoms with E-state index in [1.54, 1.807) is 11.8 Å². The van der Waals surface area contributed by atoms with Crippen molar-refractivity contribution in [1.82, 2.24) is 0 Å². The van der Waals surface area contributed by atoms with E-state index in [0.29, 0.717) is 5.92 Å². The Balaban J connectivity index is 2.20. The zero-order valence-electron chi connectivity index (χ0n) is 7.01. The molecule has 0 aliphatic heterocycles. The maximum Gasteiger partial charge on any atom is 0.000346 e. The molecule has 0 aromatic carbocycles. The topological polar surface area (TPSA) is 23.9 Å². The maximum absolute atomic E-state index is 7.27. The zero-order valence-corrected chi connectivity index (χ0v) is 7.01. The van der Waals surface area contributed by atoms with Gasteiger partial charge in [-0.15, -0.1) is 0 Å². The minimum atomic E-state index is 0.583. The number of hydrogen-bond acceptors (Lipinski definition) is 1. The lowest BCUT2D eigenvalue weighted by Gasteiger charge is -2.19. The molecule has 0 heterocycles. The summed E-state index contributed by atoms with van der Waals surface area (Å²) in [4.78, 5) is 0. The molecule has 0 radical (unpaired) electrons. The Hall–Kier alpha value is -0.590. The van der Waals surface area contributed by atoms with Gasteiger partial charge in [0.1, 0.15) is 0 Å². The van der Waals surface area contributed by atoms with Gasteiger partial charge in [-0.05, 0) is 44.2 Å². The molecule has 60 valence electrons. The minimum Gasteiger partial charge on any atom is -0.313 e. The molecule has 1 heteroatoms. The van der Waals surface area contributed by atoms with Crippen LogP contribution in [0.25, 0.3) is 0 Å². The average Bonchev–Trinajstić information content (AvgIpc) is 2.60. The van der Waals surface area contributed by atoms with Gasteiger partial charge in [-0.2, -0.15) is 0 Å². The van der Waals surface area contributed by atoms with Crippen LogP contribution in [0, 0.1) is 23.2 Å². The summed E-state index contributed by atoms with van der Waals surface area (Å²) in [6.07, 6.45) is 7.89. The number of allylic oxidation sites excluding steroid dienone is 2. The summed E-state index contributed by atoms with van der Waals surface area (Å²) in [5.41, 5.74) is 1.62. The fraction of sp³-hybridized carbons (Fsp3) is 0.700. The molecule has 3 unspecified atom stereocenters. The molecule has 0 aromatic heterocycles. The molecule has 11 heavy (non-hydrogen) atoms. The molecular weight excluding hydrogens is 134 g/mol. The van der Waals surface area contributed by atoms with Gasteiger partial charge in [0.15, 0.2) is 0 Å². The molecule has 1 nitrogen and oxygen atoms in total. The molecule has 3 atom stereocenters. The second kappa shape index (κ2) is 2.47. The van der Waals surface area contributed by atoms with Gasteiger partial charge in [-0.1, -0.05) is 11.6 Å². The molecule has 2 saturated carbocycles. The third-order valence-corrected chi connectivity index (χ3v) is 3.30. The van der Waals surface area contributed by atoms with E-state index in [-0.39, 0.29) is 0 Å². The van der Waals surface area contributed by atoms with E-state index >= 15 is 0 Å². The van der Waals surface area contributed by atoms with Crippen LogP contribution < -0.4 is 0 Å². The summed E-state index contributed by atoms with van der Waals surface area (Å²) in [6.45, 7) is 2.14. The van der Waals surface area contributed by atoms with Crippen LogP contribution >= 0.6 is 0 Å². The monoisotopic (exact) mass is 149 g/mol. The van der Waals surface area contributed by atoms with Crippen molar-refractivity contribution < 1.29 is 0 Å². The molecule has 2 fully saturated rings. The van der Waals surface area contributed by atoms with Gasteiger partial charge < -0.3 is 5.41 Å². The first-order valence-corrected chi connectivity index (χ1v) is 4.50. The highest BCUT2D eigenvalue weighted by Crippen LogP contribution is 2.50. The SMILES string of the molecule is CC=C1CC2CC(C=N)C1C2. The Kier molecular flexibility index (Phi) is 1.59. The zero-order chi connectivity index (χ0) is 7.84. The number of rotatable bonds is 1. The fourth-order valence-electron chi connectivity index (χ4n) is 2.77. The lowest BCUT2D eigenvalue weighted by atomic mass is 9.85. The molecule has 0 spiro atoms. The van der Waals surface area contributed by atoms with Crippen molar-refractivity contribution in [2.24, 2.45) is 17.8 Å². The largest absolute Gasteiger partial charge is 0.313 e. The first-order chi connectivity index (χ1) is 5.35. The Morgan fingerprint density at radius 2 is 2.27 bits per heavy atom. The van der Waals surface area contributed by atoms with Crippen molar-refractivity contribution in [3.8, 4) is 0 Å². The van der Waals surface area contributed by atoms with E-state index in [9.17, 15) is 0 Å². The van der Waals surface area contributed by atoms with E-state index in [1.165, 1.54) is 19.3 Å². The lowest BCUT2D eigenvalue weighted by molar-refractivity contribution is 0.502. The van der Waals surface area contributed by atoms with Crippen molar-refractivity contribution in [3.05, 3.63) is 11.6 Å². The minimum absolute atomic E-state index is 0.583. The average molecular weight is 149 g/mol.